The summed E-state index contributed by atoms with van der Waals surface area (Å²) in [7, 11) is 0. The van der Waals surface area contributed by atoms with E-state index in [4.69, 9.17) is 16.3 Å². The van der Waals surface area contributed by atoms with Gasteiger partial charge < -0.3 is 9.84 Å². The number of rotatable bonds is 8. The molecule has 4 aromatic rings. The van der Waals surface area contributed by atoms with Crippen LogP contribution in [0.1, 0.15) is 31.6 Å². The second-order valence-corrected chi connectivity index (χ2v) is 9.00. The Kier molecular flexibility index (Phi) is 8.07. The molecule has 2 atom stereocenters. The van der Waals surface area contributed by atoms with E-state index in [2.05, 4.69) is 15.2 Å². The molecule has 0 bridgehead atoms. The zero-order valence-electron chi connectivity index (χ0n) is 20.7. The number of carbonyl (C=O) groups excluding carboxylic acids is 1. The van der Waals surface area contributed by atoms with Gasteiger partial charge in [0.2, 0.25) is 0 Å². The fourth-order valence-corrected chi connectivity index (χ4v) is 3.91. The molecule has 0 fully saturated rings. The molecule has 0 aliphatic rings. The van der Waals surface area contributed by atoms with Crippen LogP contribution in [0.2, 0.25) is 5.02 Å². The number of nitrogens with zero attached hydrogens (tertiary/aromatic N) is 6. The topological polar surface area (TPSA) is 117 Å². The first-order chi connectivity index (χ1) is 18.8. The summed E-state index contributed by atoms with van der Waals surface area (Å²) in [6.07, 6.45) is -9.05. The van der Waals surface area contributed by atoms with E-state index in [1.165, 1.54) is 31.2 Å². The molecule has 0 amide bonds. The first-order valence-corrected chi connectivity index (χ1v) is 11.9. The van der Waals surface area contributed by atoms with Gasteiger partial charge in [-0.25, -0.2) is 27.9 Å². The van der Waals surface area contributed by atoms with E-state index in [-0.39, 0.29) is 23.0 Å². The average molecular weight is 587 g/mol. The molecule has 2 aromatic carbocycles. The zero-order valence-corrected chi connectivity index (χ0v) is 21.5. The minimum Gasteiger partial charge on any atom is -0.455 e. The Hall–Kier alpha value is -4.11. The number of hydrogen-bond donors (Lipinski definition) is 1. The van der Waals surface area contributed by atoms with E-state index in [1.807, 2.05) is 0 Å². The Labute approximate surface area is 227 Å². The van der Waals surface area contributed by atoms with Gasteiger partial charge in [-0.2, -0.15) is 13.2 Å². The summed E-state index contributed by atoms with van der Waals surface area (Å²) in [6.45, 7) is 0.763. The van der Waals surface area contributed by atoms with Gasteiger partial charge in [-0.3, -0.25) is 9.36 Å². The monoisotopic (exact) mass is 586 g/mol. The third-order valence-electron chi connectivity index (χ3n) is 5.58. The Morgan fingerprint density at radius 1 is 1.10 bits per heavy atom. The van der Waals surface area contributed by atoms with Crippen LogP contribution >= 0.6 is 11.6 Å². The number of aliphatic hydroxyl groups is 1. The number of esters is 1. The van der Waals surface area contributed by atoms with Crippen molar-refractivity contribution >= 4 is 17.6 Å². The van der Waals surface area contributed by atoms with Gasteiger partial charge >= 0.3 is 17.8 Å². The van der Waals surface area contributed by atoms with E-state index >= 15 is 0 Å². The SMILES string of the molecule is CC(=O)OC(C)c1nc(Cn2nc(-c3ccc(Cl)cc3)n(C[C@H](O)C(F)(F)F)c2=O)nn1-c1c(F)cccc1F. The molecule has 0 saturated carbocycles. The van der Waals surface area contributed by atoms with Gasteiger partial charge in [0.15, 0.2) is 41.3 Å². The van der Waals surface area contributed by atoms with Crippen molar-refractivity contribution in [1.82, 2.24) is 29.1 Å². The number of aliphatic hydroxyl groups excluding tert-OH is 1. The standard InChI is InChI=1S/C24H20ClF5N6O4/c1-12(40-13(2)37)21-31-19(32-36(21)20-16(26)4-3-5-17(20)27)11-35-23(39)34(10-18(38)24(28,29)30)22(33-35)14-6-8-15(25)9-7-14/h3-9,12,18,38H,10-11H2,1-2H3/t12?,18-/m0/s1. The van der Waals surface area contributed by atoms with E-state index in [0.29, 0.717) is 9.59 Å². The number of alkyl halides is 3. The van der Waals surface area contributed by atoms with Crippen molar-refractivity contribution in [1.29, 1.82) is 0 Å². The second kappa shape index (κ2) is 11.2. The largest absolute Gasteiger partial charge is 0.455 e. The molecule has 0 saturated heterocycles. The predicted molar refractivity (Wildman–Crippen MR) is 130 cm³/mol. The summed E-state index contributed by atoms with van der Waals surface area (Å²) in [5, 5.41) is 18.1. The zero-order chi connectivity index (χ0) is 29.4. The predicted octanol–water partition coefficient (Wildman–Crippen LogP) is 3.82. The molecule has 1 N–H and O–H groups in total. The van der Waals surface area contributed by atoms with Crippen molar-refractivity contribution in [3.8, 4) is 17.1 Å². The Morgan fingerprint density at radius 3 is 2.30 bits per heavy atom. The number of benzene rings is 2. The van der Waals surface area contributed by atoms with Crippen LogP contribution in [-0.4, -0.2) is 52.5 Å². The van der Waals surface area contributed by atoms with Crippen molar-refractivity contribution in [3.63, 3.8) is 0 Å². The van der Waals surface area contributed by atoms with E-state index in [1.54, 1.807) is 0 Å². The minimum absolute atomic E-state index is 0.202. The first kappa shape index (κ1) is 28.9. The van der Waals surface area contributed by atoms with Gasteiger partial charge in [-0.15, -0.1) is 10.2 Å². The molecule has 2 aromatic heterocycles. The molecular formula is C24H20ClF5N6O4. The molecule has 4 rings (SSSR count). The Bertz CT molecular complexity index is 1580. The molecule has 2 heterocycles. The summed E-state index contributed by atoms with van der Waals surface area (Å²) < 4.78 is 75.8. The number of aromatic nitrogens is 6. The third-order valence-corrected chi connectivity index (χ3v) is 5.83. The van der Waals surface area contributed by atoms with Crippen molar-refractivity contribution in [3.05, 3.63) is 81.3 Å². The van der Waals surface area contributed by atoms with Crippen LogP contribution in [-0.2, 0) is 22.6 Å². The number of carbonyl (C=O) groups is 1. The first-order valence-electron chi connectivity index (χ1n) is 11.5. The highest BCUT2D eigenvalue weighted by atomic mass is 35.5. The smallest absolute Gasteiger partial charge is 0.416 e. The highest BCUT2D eigenvalue weighted by Crippen LogP contribution is 2.26. The third kappa shape index (κ3) is 6.04. The fourth-order valence-electron chi connectivity index (χ4n) is 3.79. The maximum Gasteiger partial charge on any atom is 0.416 e. The fraction of sp³-hybridized carbons (Fsp3) is 0.292. The summed E-state index contributed by atoms with van der Waals surface area (Å²) in [4.78, 5) is 28.8. The molecule has 10 nitrogen and oxygen atoms in total. The van der Waals surface area contributed by atoms with Crippen molar-refractivity contribution in [2.45, 2.75) is 45.3 Å². The second-order valence-electron chi connectivity index (χ2n) is 8.56. The van der Waals surface area contributed by atoms with Crippen LogP contribution in [0.25, 0.3) is 17.1 Å². The normalized spacial score (nSPS) is 13.3. The Morgan fingerprint density at radius 2 is 1.73 bits per heavy atom. The van der Waals surface area contributed by atoms with E-state index in [9.17, 15) is 36.6 Å². The molecule has 0 spiro atoms. The van der Waals surface area contributed by atoms with Crippen LogP contribution < -0.4 is 5.69 Å². The maximum absolute atomic E-state index is 14.6. The van der Waals surface area contributed by atoms with Crippen molar-refractivity contribution in [2.75, 3.05) is 0 Å². The molecule has 0 radical (unpaired) electrons. The summed E-state index contributed by atoms with van der Waals surface area (Å²) in [5.41, 5.74) is -1.48. The summed E-state index contributed by atoms with van der Waals surface area (Å²) in [5.74, 6) is -3.41. The van der Waals surface area contributed by atoms with Gasteiger partial charge in [0.25, 0.3) is 0 Å². The lowest BCUT2D eigenvalue weighted by Crippen LogP contribution is -2.37. The lowest BCUT2D eigenvalue weighted by molar-refractivity contribution is -0.207. The molecule has 0 aliphatic carbocycles. The highest BCUT2D eigenvalue weighted by Gasteiger charge is 2.39. The van der Waals surface area contributed by atoms with Gasteiger partial charge in [-0.05, 0) is 43.3 Å². The average Bonchev–Trinajstić information content (AvgIpc) is 3.40. The van der Waals surface area contributed by atoms with Crippen molar-refractivity contribution in [2.24, 2.45) is 0 Å². The quantitative estimate of drug-likeness (QED) is 0.246. The van der Waals surface area contributed by atoms with Gasteiger partial charge in [0.05, 0.1) is 6.54 Å². The lowest BCUT2D eigenvalue weighted by Gasteiger charge is -2.15. The van der Waals surface area contributed by atoms with Gasteiger partial charge in [0.1, 0.15) is 12.2 Å². The number of halogens is 6. The molecule has 40 heavy (non-hydrogen) atoms. The van der Waals surface area contributed by atoms with Crippen LogP contribution in [0.4, 0.5) is 22.0 Å². The van der Waals surface area contributed by atoms with Gasteiger partial charge in [-0.1, -0.05) is 17.7 Å². The number of ether oxygens (including phenoxy) is 1. The molecule has 0 aliphatic heterocycles. The van der Waals surface area contributed by atoms with Crippen LogP contribution in [0.15, 0.2) is 47.3 Å². The van der Waals surface area contributed by atoms with E-state index < -0.39 is 60.5 Å². The number of hydrogen-bond acceptors (Lipinski definition) is 7. The summed E-state index contributed by atoms with van der Waals surface area (Å²) >= 11 is 5.89. The minimum atomic E-state index is -5.02. The molecule has 1 unspecified atom stereocenters. The lowest BCUT2D eigenvalue weighted by atomic mass is 10.2. The van der Waals surface area contributed by atoms with E-state index in [0.717, 1.165) is 34.5 Å². The number of para-hydroxylation sites is 1. The summed E-state index contributed by atoms with van der Waals surface area (Å²) in [6, 6.07) is 8.75. The molecular weight excluding hydrogens is 567 g/mol. The van der Waals surface area contributed by atoms with Crippen LogP contribution in [0, 0.1) is 11.6 Å². The van der Waals surface area contributed by atoms with Crippen LogP contribution in [0.3, 0.4) is 0 Å². The highest BCUT2D eigenvalue weighted by molar-refractivity contribution is 6.30. The molecule has 16 heteroatoms. The molecule has 212 valence electrons. The van der Waals surface area contributed by atoms with Crippen molar-refractivity contribution < 1.29 is 36.6 Å². The maximum atomic E-state index is 14.6. The van der Waals surface area contributed by atoms with Gasteiger partial charge in [0, 0.05) is 17.5 Å². The van der Waals surface area contributed by atoms with Crippen LogP contribution in [0.5, 0.6) is 0 Å². The Balaban J connectivity index is 1.82.